The summed E-state index contributed by atoms with van der Waals surface area (Å²) in [4.78, 5) is 12.0. The van der Waals surface area contributed by atoms with Crippen LogP contribution in [0.4, 0.5) is 4.39 Å². The predicted octanol–water partition coefficient (Wildman–Crippen LogP) is 7.79. The Morgan fingerprint density at radius 2 is 1.62 bits per heavy atom. The Morgan fingerprint density at radius 3 is 2.10 bits per heavy atom. The van der Waals surface area contributed by atoms with Crippen LogP contribution in [0.25, 0.3) is 0 Å². The summed E-state index contributed by atoms with van der Waals surface area (Å²) in [5, 5.41) is 21.3. The number of esters is 1. The minimum absolute atomic E-state index is 0.00348. The molecule has 0 aromatic heterocycles. The zero-order chi connectivity index (χ0) is 30.2. The second-order valence-electron chi connectivity index (χ2n) is 12.5. The third-order valence-electron chi connectivity index (χ3n) is 7.00. The molecule has 1 aromatic carbocycles. The van der Waals surface area contributed by atoms with Crippen molar-refractivity contribution < 1.29 is 38.0 Å². The van der Waals surface area contributed by atoms with Gasteiger partial charge in [0.1, 0.15) is 17.3 Å². The molecular weight excluding hydrogens is 519 g/mol. The molecule has 0 aliphatic rings. The monoisotopic (exact) mass is 568 g/mol. The molecular formula is C30H49FO7Si. The van der Waals surface area contributed by atoms with Gasteiger partial charge in [0.2, 0.25) is 0 Å². The van der Waals surface area contributed by atoms with Gasteiger partial charge < -0.3 is 28.8 Å². The Morgan fingerprint density at radius 1 is 1.05 bits per heavy atom. The fraction of sp³-hybridized carbons (Fsp3) is 0.633. The third-order valence-corrected chi connectivity index (χ3v) is 11.6. The maximum absolute atomic E-state index is 15.7. The molecule has 0 bridgehead atoms. The third kappa shape index (κ3) is 11.0. The van der Waals surface area contributed by atoms with E-state index in [1.807, 2.05) is 13.8 Å². The number of methoxy groups -OCH3 is 1. The van der Waals surface area contributed by atoms with Crippen molar-refractivity contribution in [2.24, 2.45) is 11.3 Å². The van der Waals surface area contributed by atoms with Crippen LogP contribution in [-0.2, 0) is 25.3 Å². The fourth-order valence-corrected chi connectivity index (χ4v) is 4.65. The molecule has 1 rings (SSSR count). The molecule has 1 aromatic rings. The molecule has 2 N–H and O–H groups in total. The first kappa shape index (κ1) is 34.7. The summed E-state index contributed by atoms with van der Waals surface area (Å²) in [5.74, 6) is -2.06. The van der Waals surface area contributed by atoms with Gasteiger partial charge in [0.25, 0.3) is 0 Å². The Balaban J connectivity index is 3.16. The highest BCUT2D eigenvalue weighted by molar-refractivity contribution is 6.74. The summed E-state index contributed by atoms with van der Waals surface area (Å²) < 4.78 is 38.2. The van der Waals surface area contributed by atoms with Gasteiger partial charge in [0.15, 0.2) is 20.2 Å². The van der Waals surface area contributed by atoms with Crippen LogP contribution in [0.2, 0.25) is 18.1 Å². The van der Waals surface area contributed by atoms with Crippen LogP contribution in [0, 0.1) is 11.3 Å². The number of halogens is 1. The van der Waals surface area contributed by atoms with Crippen LogP contribution < -0.4 is 4.74 Å². The Labute approximate surface area is 235 Å². The predicted molar refractivity (Wildman–Crippen MR) is 155 cm³/mol. The standard InChI is InChI=1S/C30H49FO7Si/c1-20(21(2)38-39(10,11)30(6,7)8)18-24(31)27(37-19-22-12-14-23(35-9)15-13-22)26(33)25(32)16-17-36-28(34)29(3,4)5/h12-15,18,20-21,27,32-33H,16-17,19H2,1-11H3/b24-18+,26-25-/t20-,21+,27?/m1/s1. The number of hydrogen-bond donors (Lipinski definition) is 2. The largest absolute Gasteiger partial charge is 0.509 e. The van der Waals surface area contributed by atoms with Gasteiger partial charge in [-0.3, -0.25) is 4.79 Å². The molecule has 7 nitrogen and oxygen atoms in total. The Kier molecular flexibility index (Phi) is 12.7. The van der Waals surface area contributed by atoms with Crippen LogP contribution >= 0.6 is 0 Å². The smallest absolute Gasteiger partial charge is 0.311 e. The fourth-order valence-electron chi connectivity index (χ4n) is 3.15. The van der Waals surface area contributed by atoms with E-state index in [0.29, 0.717) is 5.75 Å². The summed E-state index contributed by atoms with van der Waals surface area (Å²) >= 11 is 0. The summed E-state index contributed by atoms with van der Waals surface area (Å²) in [7, 11) is -0.528. The number of rotatable bonds is 13. The normalized spacial score (nSPS) is 16.3. The average molecular weight is 569 g/mol. The maximum atomic E-state index is 15.7. The lowest BCUT2D eigenvalue weighted by atomic mass is 9.97. The molecule has 0 heterocycles. The molecule has 1 unspecified atom stereocenters. The summed E-state index contributed by atoms with van der Waals surface area (Å²) in [6.07, 6.45) is -0.660. The highest BCUT2D eigenvalue weighted by Gasteiger charge is 2.39. The number of aliphatic hydroxyl groups excluding tert-OH is 2. The van der Waals surface area contributed by atoms with E-state index in [1.165, 1.54) is 6.08 Å². The van der Waals surface area contributed by atoms with Crippen molar-refractivity contribution in [1.82, 2.24) is 0 Å². The van der Waals surface area contributed by atoms with Crippen molar-refractivity contribution in [3.63, 3.8) is 0 Å². The molecule has 222 valence electrons. The van der Waals surface area contributed by atoms with E-state index >= 15 is 4.39 Å². The van der Waals surface area contributed by atoms with Crippen LogP contribution in [0.1, 0.15) is 67.4 Å². The van der Waals surface area contributed by atoms with Gasteiger partial charge in [-0.15, -0.1) is 0 Å². The van der Waals surface area contributed by atoms with E-state index in [0.717, 1.165) is 5.56 Å². The zero-order valence-corrected chi connectivity index (χ0v) is 26.6. The topological polar surface area (TPSA) is 94.5 Å². The number of carbonyl (C=O) groups is 1. The quantitative estimate of drug-likeness (QED) is 0.142. The molecule has 0 amide bonds. The lowest BCUT2D eigenvalue weighted by molar-refractivity contribution is -0.152. The molecule has 0 radical (unpaired) electrons. The molecule has 0 saturated heterocycles. The van der Waals surface area contributed by atoms with E-state index in [4.69, 9.17) is 18.6 Å². The van der Waals surface area contributed by atoms with Gasteiger partial charge in [-0.1, -0.05) is 39.8 Å². The molecule has 0 fully saturated rings. The molecule has 0 saturated carbocycles. The number of benzene rings is 1. The maximum Gasteiger partial charge on any atom is 0.311 e. The van der Waals surface area contributed by atoms with Crippen molar-refractivity contribution in [3.05, 3.63) is 53.3 Å². The molecule has 3 atom stereocenters. The minimum Gasteiger partial charge on any atom is -0.509 e. The van der Waals surface area contributed by atoms with Crippen LogP contribution in [0.15, 0.2) is 47.7 Å². The number of ether oxygens (including phenoxy) is 3. The van der Waals surface area contributed by atoms with Crippen LogP contribution in [0.3, 0.4) is 0 Å². The van der Waals surface area contributed by atoms with Crippen molar-refractivity contribution >= 4 is 14.3 Å². The Hall–Kier alpha value is -2.36. The van der Waals surface area contributed by atoms with Crippen molar-refractivity contribution in [2.45, 2.75) is 98.8 Å². The van der Waals surface area contributed by atoms with E-state index < -0.39 is 43.2 Å². The van der Waals surface area contributed by atoms with Gasteiger partial charge in [0.05, 0.1) is 25.7 Å². The molecule has 0 spiro atoms. The number of hydrogen-bond acceptors (Lipinski definition) is 7. The lowest BCUT2D eigenvalue weighted by Gasteiger charge is -2.39. The molecule has 39 heavy (non-hydrogen) atoms. The van der Waals surface area contributed by atoms with Crippen LogP contribution in [0.5, 0.6) is 5.75 Å². The highest BCUT2D eigenvalue weighted by Crippen LogP contribution is 2.38. The number of aliphatic hydroxyl groups is 2. The first-order chi connectivity index (χ1) is 17.8. The van der Waals surface area contributed by atoms with E-state index in [1.54, 1.807) is 52.1 Å². The van der Waals surface area contributed by atoms with Gasteiger partial charge in [-0.05, 0) is 69.6 Å². The lowest BCUT2D eigenvalue weighted by Crippen LogP contribution is -2.44. The molecule has 9 heteroatoms. The van der Waals surface area contributed by atoms with Gasteiger partial charge in [0, 0.05) is 18.4 Å². The van der Waals surface area contributed by atoms with Gasteiger partial charge in [-0.25, -0.2) is 4.39 Å². The zero-order valence-electron chi connectivity index (χ0n) is 25.6. The minimum atomic E-state index is -2.09. The van der Waals surface area contributed by atoms with Gasteiger partial charge in [-0.2, -0.15) is 0 Å². The van der Waals surface area contributed by atoms with Crippen molar-refractivity contribution in [3.8, 4) is 5.75 Å². The van der Waals surface area contributed by atoms with Gasteiger partial charge >= 0.3 is 5.97 Å². The molecule has 0 aliphatic heterocycles. The highest BCUT2D eigenvalue weighted by atomic mass is 28.4. The number of carbonyl (C=O) groups excluding carboxylic acids is 1. The second kappa shape index (κ2) is 14.3. The summed E-state index contributed by atoms with van der Waals surface area (Å²) in [6, 6.07) is 7.03. The summed E-state index contributed by atoms with van der Waals surface area (Å²) in [6.45, 7) is 19.4. The van der Waals surface area contributed by atoms with Crippen molar-refractivity contribution in [1.29, 1.82) is 0 Å². The SMILES string of the molecule is COc1ccc(COC(/C(O)=C(/O)CCOC(=O)C(C)(C)C)/C(F)=C\[C@@H](C)[C@H](C)O[Si](C)(C)C(C)(C)C)cc1. The van der Waals surface area contributed by atoms with E-state index in [2.05, 4.69) is 33.9 Å². The Bertz CT molecular complexity index is 988. The van der Waals surface area contributed by atoms with Crippen molar-refractivity contribution in [2.75, 3.05) is 13.7 Å². The molecule has 0 aliphatic carbocycles. The van der Waals surface area contributed by atoms with E-state index in [9.17, 15) is 15.0 Å². The van der Waals surface area contributed by atoms with Crippen LogP contribution in [-0.4, -0.2) is 50.4 Å². The summed E-state index contributed by atoms with van der Waals surface area (Å²) in [5.41, 5.74) is 0.0159. The van der Waals surface area contributed by atoms with E-state index in [-0.39, 0.29) is 36.7 Å². The second-order valence-corrected chi connectivity index (χ2v) is 17.3. The first-order valence-electron chi connectivity index (χ1n) is 13.4. The average Bonchev–Trinajstić information content (AvgIpc) is 2.82. The first-order valence-corrected chi connectivity index (χ1v) is 16.3.